The number of benzene rings is 1. The molecule has 1 N–H and O–H groups in total. The molecule has 3 rings (SSSR count). The van der Waals surface area contributed by atoms with E-state index >= 15 is 0 Å². The van der Waals surface area contributed by atoms with Crippen molar-refractivity contribution < 1.29 is 9.68 Å². The second kappa shape index (κ2) is 10.9. The van der Waals surface area contributed by atoms with E-state index in [2.05, 4.69) is 38.1 Å². The molecule has 0 bridgehead atoms. The molecule has 0 atom stereocenters. The second-order valence-electron chi connectivity index (χ2n) is 6.38. The van der Waals surface area contributed by atoms with E-state index in [-0.39, 0.29) is 6.61 Å². The quantitative estimate of drug-likeness (QED) is 0.302. The Kier molecular flexibility index (Phi) is 7.64. The molecule has 0 fully saturated rings. The van der Waals surface area contributed by atoms with Gasteiger partial charge in [-0.2, -0.15) is 0 Å². The lowest BCUT2D eigenvalue weighted by Gasteiger charge is -2.08. The number of rotatable bonds is 11. The van der Waals surface area contributed by atoms with Crippen molar-refractivity contribution in [3.8, 4) is 0 Å². The van der Waals surface area contributed by atoms with Crippen LogP contribution in [0.3, 0.4) is 0 Å². The number of hydrogen-bond donors (Lipinski definition) is 1. The number of anilines is 1. The van der Waals surface area contributed by atoms with Gasteiger partial charge in [0.1, 0.15) is 5.82 Å². The molecule has 1 aromatic carbocycles. The SMILES string of the molecule is CCCCCONc1cccc(CON=C(c2ccccc2)c2nnnn2C)n1. The highest BCUT2D eigenvalue weighted by Gasteiger charge is 2.14. The molecule has 2 heterocycles. The van der Waals surface area contributed by atoms with Gasteiger partial charge in [0, 0.05) is 12.6 Å². The molecule has 0 aliphatic carbocycles. The summed E-state index contributed by atoms with van der Waals surface area (Å²) in [6.07, 6.45) is 3.32. The van der Waals surface area contributed by atoms with E-state index < -0.39 is 0 Å². The van der Waals surface area contributed by atoms with Gasteiger partial charge < -0.3 is 4.84 Å². The number of aryl methyl sites for hydroxylation is 1. The molecule has 0 unspecified atom stereocenters. The number of oxime groups is 1. The fraction of sp³-hybridized carbons (Fsp3) is 0.350. The third kappa shape index (κ3) is 6.08. The lowest BCUT2D eigenvalue weighted by atomic mass is 10.1. The Morgan fingerprint density at radius 1 is 1.10 bits per heavy atom. The van der Waals surface area contributed by atoms with E-state index in [1.807, 2.05) is 48.5 Å². The second-order valence-corrected chi connectivity index (χ2v) is 6.38. The summed E-state index contributed by atoms with van der Waals surface area (Å²) in [6, 6.07) is 15.2. The first-order valence-corrected chi connectivity index (χ1v) is 9.59. The average Bonchev–Trinajstić information content (AvgIpc) is 3.17. The molecule has 152 valence electrons. The normalized spacial score (nSPS) is 11.4. The first-order valence-electron chi connectivity index (χ1n) is 9.59. The molecular formula is C20H25N7O2. The van der Waals surface area contributed by atoms with Crippen molar-refractivity contribution >= 4 is 11.5 Å². The van der Waals surface area contributed by atoms with Gasteiger partial charge in [-0.3, -0.25) is 4.84 Å². The maximum absolute atomic E-state index is 5.58. The molecule has 0 saturated carbocycles. The van der Waals surface area contributed by atoms with Gasteiger partial charge in [-0.05, 0) is 29.0 Å². The largest absolute Gasteiger partial charge is 0.389 e. The Morgan fingerprint density at radius 3 is 2.72 bits per heavy atom. The molecular weight excluding hydrogens is 370 g/mol. The van der Waals surface area contributed by atoms with Crippen molar-refractivity contribution in [1.82, 2.24) is 25.2 Å². The third-order valence-electron chi connectivity index (χ3n) is 4.08. The number of unbranched alkanes of at least 4 members (excludes halogenated alkanes) is 2. The van der Waals surface area contributed by atoms with E-state index in [1.165, 1.54) is 0 Å². The van der Waals surface area contributed by atoms with E-state index in [0.717, 1.165) is 30.5 Å². The van der Waals surface area contributed by atoms with Gasteiger partial charge in [-0.1, -0.05) is 61.3 Å². The van der Waals surface area contributed by atoms with Crippen LogP contribution in [0, 0.1) is 0 Å². The van der Waals surface area contributed by atoms with Crippen LogP contribution in [-0.2, 0) is 23.3 Å². The summed E-state index contributed by atoms with van der Waals surface area (Å²) in [7, 11) is 1.75. The Hall–Kier alpha value is -3.33. The van der Waals surface area contributed by atoms with Crippen LogP contribution < -0.4 is 5.48 Å². The number of hydrogen-bond acceptors (Lipinski definition) is 8. The minimum absolute atomic E-state index is 0.201. The van der Waals surface area contributed by atoms with Crippen LogP contribution in [0.1, 0.15) is 43.3 Å². The third-order valence-corrected chi connectivity index (χ3v) is 4.08. The number of nitrogens with one attached hydrogen (secondary N) is 1. The Balaban J connectivity index is 1.64. The Labute approximate surface area is 169 Å². The Bertz CT molecular complexity index is 912. The molecule has 0 saturated heterocycles. The summed E-state index contributed by atoms with van der Waals surface area (Å²) < 4.78 is 1.55. The smallest absolute Gasteiger partial charge is 0.204 e. The predicted molar refractivity (Wildman–Crippen MR) is 109 cm³/mol. The molecule has 0 amide bonds. The number of pyridine rings is 1. The predicted octanol–water partition coefficient (Wildman–Crippen LogP) is 3.11. The number of aromatic nitrogens is 5. The molecule has 0 radical (unpaired) electrons. The van der Waals surface area contributed by atoms with Gasteiger partial charge >= 0.3 is 0 Å². The zero-order valence-corrected chi connectivity index (χ0v) is 16.7. The monoisotopic (exact) mass is 395 g/mol. The average molecular weight is 395 g/mol. The molecule has 29 heavy (non-hydrogen) atoms. The Morgan fingerprint density at radius 2 is 1.97 bits per heavy atom. The molecule has 0 spiro atoms. The maximum atomic E-state index is 5.58. The summed E-state index contributed by atoms with van der Waals surface area (Å²) in [4.78, 5) is 15.5. The van der Waals surface area contributed by atoms with Crippen LogP contribution in [0.5, 0.6) is 0 Å². The van der Waals surface area contributed by atoms with Crippen molar-refractivity contribution in [3.05, 3.63) is 65.6 Å². The van der Waals surface area contributed by atoms with Gasteiger partial charge in [-0.15, -0.1) is 5.10 Å². The van der Waals surface area contributed by atoms with Gasteiger partial charge in [0.15, 0.2) is 12.3 Å². The molecule has 9 heteroatoms. The summed E-state index contributed by atoms with van der Waals surface area (Å²) >= 11 is 0. The molecule has 0 aliphatic rings. The van der Waals surface area contributed by atoms with Crippen molar-refractivity contribution in [2.75, 3.05) is 12.1 Å². The molecule has 3 aromatic rings. The lowest BCUT2D eigenvalue weighted by molar-refractivity contribution is 0.127. The fourth-order valence-corrected chi connectivity index (χ4v) is 2.58. The van der Waals surface area contributed by atoms with Gasteiger partial charge in [0.2, 0.25) is 5.82 Å². The van der Waals surface area contributed by atoms with Crippen LogP contribution in [0.4, 0.5) is 5.82 Å². The minimum atomic E-state index is 0.201. The first-order chi connectivity index (χ1) is 14.3. The van der Waals surface area contributed by atoms with E-state index in [0.29, 0.717) is 24.0 Å². The van der Waals surface area contributed by atoms with E-state index in [4.69, 9.17) is 9.68 Å². The van der Waals surface area contributed by atoms with Crippen molar-refractivity contribution in [2.45, 2.75) is 32.8 Å². The van der Waals surface area contributed by atoms with E-state index in [1.54, 1.807) is 11.7 Å². The van der Waals surface area contributed by atoms with Crippen molar-refractivity contribution in [1.29, 1.82) is 0 Å². The van der Waals surface area contributed by atoms with Crippen molar-refractivity contribution in [2.24, 2.45) is 12.2 Å². The van der Waals surface area contributed by atoms with Gasteiger partial charge in [0.05, 0.1) is 12.3 Å². The van der Waals surface area contributed by atoms with E-state index in [9.17, 15) is 0 Å². The summed E-state index contributed by atoms with van der Waals surface area (Å²) in [5.41, 5.74) is 4.99. The van der Waals surface area contributed by atoms with Crippen LogP contribution >= 0.6 is 0 Å². The highest BCUT2D eigenvalue weighted by Crippen LogP contribution is 2.10. The summed E-state index contributed by atoms with van der Waals surface area (Å²) in [6.45, 7) is 3.00. The number of nitrogens with zero attached hydrogens (tertiary/aromatic N) is 6. The van der Waals surface area contributed by atoms with Gasteiger partial charge in [0.25, 0.3) is 0 Å². The van der Waals surface area contributed by atoms with Crippen molar-refractivity contribution in [3.63, 3.8) is 0 Å². The van der Waals surface area contributed by atoms with Gasteiger partial charge in [-0.25, -0.2) is 15.1 Å². The van der Waals surface area contributed by atoms with Crippen LogP contribution in [-0.4, -0.2) is 37.5 Å². The zero-order chi connectivity index (χ0) is 20.3. The lowest BCUT2D eigenvalue weighted by Crippen LogP contribution is -2.12. The molecule has 9 nitrogen and oxygen atoms in total. The topological polar surface area (TPSA) is 99.3 Å². The molecule has 0 aliphatic heterocycles. The first kappa shape index (κ1) is 20.4. The maximum Gasteiger partial charge on any atom is 0.204 e. The summed E-state index contributed by atoms with van der Waals surface area (Å²) in [5, 5.41) is 15.9. The number of tetrazole rings is 1. The van der Waals surface area contributed by atoms with Crippen LogP contribution in [0.25, 0.3) is 0 Å². The highest BCUT2D eigenvalue weighted by atomic mass is 16.6. The van der Waals surface area contributed by atoms with Crippen LogP contribution in [0.15, 0.2) is 53.7 Å². The standard InChI is InChI=1S/C20H25N7O2/c1-3-4-8-14-28-23-18-13-9-12-17(21-18)15-29-24-19(16-10-6-5-7-11-16)20-22-25-26-27(20)2/h5-7,9-13H,3-4,8,14-15H2,1-2H3,(H,21,23). The minimum Gasteiger partial charge on any atom is -0.389 e. The summed E-state index contributed by atoms with van der Waals surface area (Å²) in [5.74, 6) is 1.15. The zero-order valence-electron chi connectivity index (χ0n) is 16.7. The fourth-order valence-electron chi connectivity index (χ4n) is 2.58. The van der Waals surface area contributed by atoms with Crippen LogP contribution in [0.2, 0.25) is 0 Å². The highest BCUT2D eigenvalue weighted by molar-refractivity contribution is 6.10. The molecule has 2 aromatic heterocycles.